The van der Waals surface area contributed by atoms with E-state index in [-0.39, 0.29) is 0 Å². The molecule has 106 valence electrons. The summed E-state index contributed by atoms with van der Waals surface area (Å²) in [7, 11) is 1.71. The normalized spacial score (nSPS) is 10.5. The molecule has 1 N–H and O–H groups in total. The highest BCUT2D eigenvalue weighted by atomic mass is 79.9. The molecule has 2 aromatic carbocycles. The van der Waals surface area contributed by atoms with Crippen molar-refractivity contribution < 1.29 is 4.74 Å². The SMILES string of the molecule is COc1ccc(Br)cc1CNCCCc1ccccc1. The number of rotatable bonds is 7. The Hall–Kier alpha value is -1.32. The fraction of sp³-hybridized carbons (Fsp3) is 0.294. The smallest absolute Gasteiger partial charge is 0.123 e. The number of ether oxygens (including phenoxy) is 1. The van der Waals surface area contributed by atoms with Crippen LogP contribution in [0, 0.1) is 0 Å². The third-order valence-corrected chi connectivity index (χ3v) is 3.71. The van der Waals surface area contributed by atoms with Crippen molar-refractivity contribution in [1.82, 2.24) is 5.32 Å². The average molecular weight is 334 g/mol. The summed E-state index contributed by atoms with van der Waals surface area (Å²) < 4.78 is 6.45. The van der Waals surface area contributed by atoms with E-state index in [4.69, 9.17) is 4.74 Å². The summed E-state index contributed by atoms with van der Waals surface area (Å²) >= 11 is 3.50. The lowest BCUT2D eigenvalue weighted by Gasteiger charge is -2.10. The molecule has 2 nitrogen and oxygen atoms in total. The van der Waals surface area contributed by atoms with Gasteiger partial charge in [-0.15, -0.1) is 0 Å². The molecule has 0 fully saturated rings. The molecular weight excluding hydrogens is 314 g/mol. The van der Waals surface area contributed by atoms with Gasteiger partial charge in [0.25, 0.3) is 0 Å². The van der Waals surface area contributed by atoms with Gasteiger partial charge >= 0.3 is 0 Å². The zero-order chi connectivity index (χ0) is 14.2. The van der Waals surface area contributed by atoms with Crippen LogP contribution in [0.3, 0.4) is 0 Å². The number of nitrogens with one attached hydrogen (secondary N) is 1. The fourth-order valence-electron chi connectivity index (χ4n) is 2.17. The van der Waals surface area contributed by atoms with E-state index in [9.17, 15) is 0 Å². The van der Waals surface area contributed by atoms with Gasteiger partial charge in [0.1, 0.15) is 5.75 Å². The van der Waals surface area contributed by atoms with Gasteiger partial charge in [-0.1, -0.05) is 46.3 Å². The van der Waals surface area contributed by atoms with Crippen molar-refractivity contribution >= 4 is 15.9 Å². The summed E-state index contributed by atoms with van der Waals surface area (Å²) in [6, 6.07) is 16.7. The number of aryl methyl sites for hydroxylation is 1. The Bertz CT molecular complexity index is 528. The van der Waals surface area contributed by atoms with E-state index in [1.165, 1.54) is 11.1 Å². The number of methoxy groups -OCH3 is 1. The largest absolute Gasteiger partial charge is 0.496 e. The molecule has 0 aromatic heterocycles. The van der Waals surface area contributed by atoms with E-state index in [1.807, 2.05) is 12.1 Å². The number of halogens is 1. The van der Waals surface area contributed by atoms with Crippen molar-refractivity contribution in [2.75, 3.05) is 13.7 Å². The maximum Gasteiger partial charge on any atom is 0.123 e. The maximum atomic E-state index is 5.37. The lowest BCUT2D eigenvalue weighted by Crippen LogP contribution is -2.16. The van der Waals surface area contributed by atoms with Crippen LogP contribution in [0.25, 0.3) is 0 Å². The Morgan fingerprint density at radius 1 is 1.10 bits per heavy atom. The molecule has 20 heavy (non-hydrogen) atoms. The Labute approximate surface area is 129 Å². The van der Waals surface area contributed by atoms with Gasteiger partial charge in [-0.3, -0.25) is 0 Å². The van der Waals surface area contributed by atoms with E-state index >= 15 is 0 Å². The van der Waals surface area contributed by atoms with Gasteiger partial charge in [0.05, 0.1) is 7.11 Å². The zero-order valence-electron chi connectivity index (χ0n) is 11.7. The second-order valence-corrected chi connectivity index (χ2v) is 5.64. The van der Waals surface area contributed by atoms with E-state index in [0.717, 1.165) is 36.2 Å². The second kappa shape index (κ2) is 8.08. The molecule has 2 aromatic rings. The monoisotopic (exact) mass is 333 g/mol. The molecule has 3 heteroatoms. The number of hydrogen-bond donors (Lipinski definition) is 1. The highest BCUT2D eigenvalue weighted by Gasteiger charge is 2.03. The van der Waals surface area contributed by atoms with Crippen LogP contribution in [0.1, 0.15) is 17.5 Å². The first-order valence-corrected chi connectivity index (χ1v) is 7.66. The lowest BCUT2D eigenvalue weighted by atomic mass is 10.1. The van der Waals surface area contributed by atoms with Gasteiger partial charge in [-0.2, -0.15) is 0 Å². The first-order chi connectivity index (χ1) is 9.79. The van der Waals surface area contributed by atoms with Crippen molar-refractivity contribution in [2.24, 2.45) is 0 Å². The van der Waals surface area contributed by atoms with E-state index < -0.39 is 0 Å². The first kappa shape index (κ1) is 15.1. The molecule has 0 heterocycles. The Morgan fingerprint density at radius 3 is 2.65 bits per heavy atom. The summed E-state index contributed by atoms with van der Waals surface area (Å²) in [5, 5.41) is 3.47. The molecule has 0 radical (unpaired) electrons. The third-order valence-electron chi connectivity index (χ3n) is 3.22. The van der Waals surface area contributed by atoms with Gasteiger partial charge in [0, 0.05) is 16.6 Å². The molecule has 0 unspecified atom stereocenters. The fourth-order valence-corrected chi connectivity index (χ4v) is 2.58. The molecule has 0 aliphatic carbocycles. The summed E-state index contributed by atoms with van der Waals surface area (Å²) in [5.74, 6) is 0.934. The molecule has 0 saturated carbocycles. The Kier molecular flexibility index (Phi) is 6.09. The molecule has 0 aliphatic heterocycles. The predicted octanol–water partition coefficient (Wildman–Crippen LogP) is 4.18. The van der Waals surface area contributed by atoms with Crippen LogP contribution >= 0.6 is 15.9 Å². The van der Waals surface area contributed by atoms with E-state index in [2.05, 4.69) is 57.6 Å². The lowest BCUT2D eigenvalue weighted by molar-refractivity contribution is 0.407. The van der Waals surface area contributed by atoms with Crippen molar-refractivity contribution in [2.45, 2.75) is 19.4 Å². The highest BCUT2D eigenvalue weighted by molar-refractivity contribution is 9.10. The van der Waals surface area contributed by atoms with Crippen LogP contribution in [0.2, 0.25) is 0 Å². The van der Waals surface area contributed by atoms with E-state index in [1.54, 1.807) is 7.11 Å². The third kappa shape index (κ3) is 4.66. The van der Waals surface area contributed by atoms with Crippen molar-refractivity contribution in [3.05, 3.63) is 64.1 Å². The molecule has 2 rings (SSSR count). The van der Waals surface area contributed by atoms with Crippen molar-refractivity contribution in [3.63, 3.8) is 0 Å². The van der Waals surface area contributed by atoms with Crippen LogP contribution in [-0.4, -0.2) is 13.7 Å². The molecule has 0 saturated heterocycles. The van der Waals surface area contributed by atoms with Crippen molar-refractivity contribution in [3.8, 4) is 5.75 Å². The van der Waals surface area contributed by atoms with Crippen LogP contribution in [-0.2, 0) is 13.0 Å². The molecule has 0 atom stereocenters. The van der Waals surface area contributed by atoms with Crippen LogP contribution in [0.5, 0.6) is 5.75 Å². The minimum absolute atomic E-state index is 0.831. The molecular formula is C17H20BrNO. The zero-order valence-corrected chi connectivity index (χ0v) is 13.3. The van der Waals surface area contributed by atoms with Gasteiger partial charge in [-0.05, 0) is 43.1 Å². The summed E-state index contributed by atoms with van der Waals surface area (Å²) in [4.78, 5) is 0. The van der Waals surface area contributed by atoms with E-state index in [0.29, 0.717) is 0 Å². The first-order valence-electron chi connectivity index (χ1n) is 6.86. The quantitative estimate of drug-likeness (QED) is 0.767. The topological polar surface area (TPSA) is 21.3 Å². The Balaban J connectivity index is 1.75. The summed E-state index contributed by atoms with van der Waals surface area (Å²) in [6.07, 6.45) is 2.25. The van der Waals surface area contributed by atoms with Gasteiger partial charge in [-0.25, -0.2) is 0 Å². The summed E-state index contributed by atoms with van der Waals surface area (Å²) in [6.45, 7) is 1.84. The molecule has 0 spiro atoms. The number of benzene rings is 2. The molecule has 0 aliphatic rings. The van der Waals surface area contributed by atoms with Crippen molar-refractivity contribution in [1.29, 1.82) is 0 Å². The Morgan fingerprint density at radius 2 is 1.90 bits per heavy atom. The maximum absolute atomic E-state index is 5.37. The minimum Gasteiger partial charge on any atom is -0.496 e. The van der Waals surface area contributed by atoms with Gasteiger partial charge < -0.3 is 10.1 Å². The minimum atomic E-state index is 0.831. The van der Waals surface area contributed by atoms with Crippen LogP contribution in [0.4, 0.5) is 0 Å². The standard InChI is InChI=1S/C17H20BrNO/c1-20-17-10-9-16(18)12-15(17)13-19-11-5-8-14-6-3-2-4-7-14/h2-4,6-7,9-10,12,19H,5,8,11,13H2,1H3. The highest BCUT2D eigenvalue weighted by Crippen LogP contribution is 2.22. The average Bonchev–Trinajstić information content (AvgIpc) is 2.48. The second-order valence-electron chi connectivity index (χ2n) is 4.72. The van der Waals surface area contributed by atoms with Crippen LogP contribution in [0.15, 0.2) is 53.0 Å². The van der Waals surface area contributed by atoms with Crippen LogP contribution < -0.4 is 10.1 Å². The predicted molar refractivity (Wildman–Crippen MR) is 87.2 cm³/mol. The number of hydrogen-bond acceptors (Lipinski definition) is 2. The summed E-state index contributed by atoms with van der Waals surface area (Å²) in [5.41, 5.74) is 2.58. The molecule has 0 bridgehead atoms. The van der Waals surface area contributed by atoms with Gasteiger partial charge in [0.2, 0.25) is 0 Å². The van der Waals surface area contributed by atoms with Gasteiger partial charge in [0.15, 0.2) is 0 Å². The molecule has 0 amide bonds.